The molecule has 1 unspecified atom stereocenters. The topological polar surface area (TPSA) is 35.0 Å². The van der Waals surface area contributed by atoms with E-state index in [-0.39, 0.29) is 0 Å². The van der Waals surface area contributed by atoms with Crippen molar-refractivity contribution in [2.75, 3.05) is 6.61 Å². The van der Waals surface area contributed by atoms with E-state index in [1.807, 2.05) is 12.1 Å². The van der Waals surface area contributed by atoms with Crippen molar-refractivity contribution in [3.05, 3.63) is 30.1 Å². The first-order chi connectivity index (χ1) is 6.86. The average Bonchev–Trinajstić information content (AvgIpc) is 2.61. The Kier molecular flexibility index (Phi) is 1.48. The van der Waals surface area contributed by atoms with Crippen molar-refractivity contribution in [1.29, 1.82) is 0 Å². The summed E-state index contributed by atoms with van der Waals surface area (Å²) < 4.78 is 5.52. The summed E-state index contributed by atoms with van der Waals surface area (Å²) in [5, 5.41) is 0. The lowest BCUT2D eigenvalue weighted by Crippen LogP contribution is -1.94. The van der Waals surface area contributed by atoms with Crippen LogP contribution in [0, 0.1) is 0 Å². The summed E-state index contributed by atoms with van der Waals surface area (Å²) in [5.74, 6) is 1.31. The Labute approximate surface area is 81.8 Å². The van der Waals surface area contributed by atoms with Crippen LogP contribution in [0.1, 0.15) is 18.4 Å². The fourth-order valence-corrected chi connectivity index (χ4v) is 1.91. The number of hydrogen-bond donors (Lipinski definition) is 0. The van der Waals surface area contributed by atoms with Crippen LogP contribution in [0.25, 0.3) is 11.0 Å². The van der Waals surface area contributed by atoms with Gasteiger partial charge in [0.1, 0.15) is 5.75 Å². The lowest BCUT2D eigenvalue weighted by atomic mass is 10.0. The lowest BCUT2D eigenvalue weighted by Gasteiger charge is -2.03. The fourth-order valence-electron chi connectivity index (χ4n) is 1.91. The zero-order chi connectivity index (χ0) is 9.54. The average molecular weight is 186 g/mol. The highest BCUT2D eigenvalue weighted by molar-refractivity contribution is 5.80. The Balaban J connectivity index is 2.41. The van der Waals surface area contributed by atoms with Crippen LogP contribution in [0.15, 0.2) is 24.5 Å². The summed E-state index contributed by atoms with van der Waals surface area (Å²) in [6, 6.07) is 3.88. The Bertz CT molecular complexity index is 496. The molecule has 1 aliphatic heterocycles. The van der Waals surface area contributed by atoms with Gasteiger partial charge in [0, 0.05) is 17.7 Å². The third-order valence-corrected chi connectivity index (χ3v) is 2.61. The number of rotatable bonds is 0. The summed E-state index contributed by atoms with van der Waals surface area (Å²) in [7, 11) is 0. The van der Waals surface area contributed by atoms with Crippen molar-refractivity contribution in [2.24, 2.45) is 0 Å². The van der Waals surface area contributed by atoms with Gasteiger partial charge < -0.3 is 4.74 Å². The van der Waals surface area contributed by atoms with Gasteiger partial charge in [0.05, 0.1) is 23.8 Å². The maximum absolute atomic E-state index is 5.52. The van der Waals surface area contributed by atoms with Crippen LogP contribution in [0.2, 0.25) is 0 Å². The van der Waals surface area contributed by atoms with Gasteiger partial charge >= 0.3 is 0 Å². The quantitative estimate of drug-likeness (QED) is 0.632. The van der Waals surface area contributed by atoms with Crippen LogP contribution in [0.3, 0.4) is 0 Å². The molecule has 3 heterocycles. The molecule has 0 saturated heterocycles. The molecular formula is C11H10N2O. The highest BCUT2D eigenvalue weighted by Crippen LogP contribution is 2.36. The van der Waals surface area contributed by atoms with Gasteiger partial charge in [0.2, 0.25) is 0 Å². The van der Waals surface area contributed by atoms with Crippen molar-refractivity contribution >= 4 is 11.0 Å². The molecule has 0 bridgehead atoms. The molecule has 2 aromatic heterocycles. The molecule has 0 radical (unpaired) electrons. The van der Waals surface area contributed by atoms with Gasteiger partial charge in [0.25, 0.3) is 0 Å². The van der Waals surface area contributed by atoms with Crippen molar-refractivity contribution in [1.82, 2.24) is 9.97 Å². The number of fused-ring (bicyclic) bond motifs is 3. The van der Waals surface area contributed by atoms with E-state index in [2.05, 4.69) is 16.9 Å². The van der Waals surface area contributed by atoms with Gasteiger partial charge in [-0.3, -0.25) is 9.97 Å². The SMILES string of the molecule is CC1COc2cnc3cccnc3c21. The fraction of sp³-hybridized carbons (Fsp3) is 0.273. The number of pyridine rings is 2. The monoisotopic (exact) mass is 186 g/mol. The Morgan fingerprint density at radius 1 is 1.43 bits per heavy atom. The Morgan fingerprint density at radius 2 is 2.36 bits per heavy atom. The van der Waals surface area contributed by atoms with Crippen LogP contribution in [0.5, 0.6) is 5.75 Å². The molecular weight excluding hydrogens is 176 g/mol. The molecule has 0 N–H and O–H groups in total. The van der Waals surface area contributed by atoms with Gasteiger partial charge in [-0.05, 0) is 12.1 Å². The molecule has 70 valence electrons. The van der Waals surface area contributed by atoms with Crippen LogP contribution in [-0.2, 0) is 0 Å². The predicted molar refractivity (Wildman–Crippen MR) is 53.4 cm³/mol. The first-order valence-corrected chi connectivity index (χ1v) is 4.72. The number of aromatic nitrogens is 2. The minimum absolute atomic E-state index is 0.422. The van der Waals surface area contributed by atoms with Crippen LogP contribution in [0.4, 0.5) is 0 Å². The molecule has 0 fully saturated rings. The van der Waals surface area contributed by atoms with Crippen molar-refractivity contribution < 1.29 is 4.74 Å². The lowest BCUT2D eigenvalue weighted by molar-refractivity contribution is 0.336. The highest BCUT2D eigenvalue weighted by Gasteiger charge is 2.23. The van der Waals surface area contributed by atoms with E-state index in [1.165, 1.54) is 5.56 Å². The standard InChI is InChI=1S/C11H10N2O/c1-7-6-14-9-5-13-8-3-2-4-12-11(8)10(7)9/h2-5,7H,6H2,1H3. The Hall–Kier alpha value is -1.64. The molecule has 2 aromatic rings. The number of hydrogen-bond acceptors (Lipinski definition) is 3. The van der Waals surface area contributed by atoms with E-state index < -0.39 is 0 Å². The number of ether oxygens (including phenoxy) is 1. The Morgan fingerprint density at radius 3 is 3.29 bits per heavy atom. The molecule has 0 amide bonds. The second-order valence-corrected chi connectivity index (χ2v) is 3.62. The third-order valence-electron chi connectivity index (χ3n) is 2.61. The highest BCUT2D eigenvalue weighted by atomic mass is 16.5. The first kappa shape index (κ1) is 7.74. The smallest absolute Gasteiger partial charge is 0.143 e. The van der Waals surface area contributed by atoms with Crippen LogP contribution >= 0.6 is 0 Å². The number of nitrogens with zero attached hydrogens (tertiary/aromatic N) is 2. The molecule has 3 nitrogen and oxygen atoms in total. The minimum Gasteiger partial charge on any atom is -0.491 e. The normalized spacial score (nSPS) is 19.4. The van der Waals surface area contributed by atoms with E-state index >= 15 is 0 Å². The zero-order valence-corrected chi connectivity index (χ0v) is 7.90. The molecule has 0 spiro atoms. The molecule has 1 aliphatic rings. The van der Waals surface area contributed by atoms with E-state index in [0.29, 0.717) is 5.92 Å². The van der Waals surface area contributed by atoms with Crippen molar-refractivity contribution in [3.63, 3.8) is 0 Å². The second kappa shape index (κ2) is 2.67. The predicted octanol–water partition coefficient (Wildman–Crippen LogP) is 2.13. The van der Waals surface area contributed by atoms with E-state index in [9.17, 15) is 0 Å². The molecule has 0 saturated carbocycles. The minimum atomic E-state index is 0.422. The largest absolute Gasteiger partial charge is 0.491 e. The van der Waals surface area contributed by atoms with Gasteiger partial charge in [-0.15, -0.1) is 0 Å². The van der Waals surface area contributed by atoms with Crippen LogP contribution in [-0.4, -0.2) is 16.6 Å². The summed E-state index contributed by atoms with van der Waals surface area (Å²) in [6.45, 7) is 2.90. The first-order valence-electron chi connectivity index (χ1n) is 4.72. The van der Waals surface area contributed by atoms with Crippen LogP contribution < -0.4 is 4.74 Å². The molecule has 0 aliphatic carbocycles. The van der Waals surface area contributed by atoms with Gasteiger partial charge in [0.15, 0.2) is 0 Å². The summed E-state index contributed by atoms with van der Waals surface area (Å²) in [4.78, 5) is 8.66. The summed E-state index contributed by atoms with van der Waals surface area (Å²) in [5.41, 5.74) is 3.13. The molecule has 0 aromatic carbocycles. The maximum atomic E-state index is 5.52. The van der Waals surface area contributed by atoms with E-state index in [1.54, 1.807) is 12.4 Å². The molecule has 3 heteroatoms. The van der Waals surface area contributed by atoms with Crippen molar-refractivity contribution in [3.8, 4) is 5.75 Å². The third kappa shape index (κ3) is 0.923. The van der Waals surface area contributed by atoms with Gasteiger partial charge in [-0.1, -0.05) is 6.92 Å². The second-order valence-electron chi connectivity index (χ2n) is 3.62. The van der Waals surface area contributed by atoms with Gasteiger partial charge in [-0.25, -0.2) is 0 Å². The molecule has 3 rings (SSSR count). The summed E-state index contributed by atoms with van der Waals surface area (Å²) >= 11 is 0. The summed E-state index contributed by atoms with van der Waals surface area (Å²) in [6.07, 6.45) is 3.60. The maximum Gasteiger partial charge on any atom is 0.143 e. The van der Waals surface area contributed by atoms with Crippen molar-refractivity contribution in [2.45, 2.75) is 12.8 Å². The van der Waals surface area contributed by atoms with Gasteiger partial charge in [-0.2, -0.15) is 0 Å². The molecule has 14 heavy (non-hydrogen) atoms. The molecule has 1 atom stereocenters. The van der Waals surface area contributed by atoms with E-state index in [4.69, 9.17) is 4.74 Å². The zero-order valence-electron chi connectivity index (χ0n) is 7.90. The van der Waals surface area contributed by atoms with E-state index in [0.717, 1.165) is 23.4 Å².